The van der Waals surface area contributed by atoms with E-state index in [9.17, 15) is 0 Å². The fraction of sp³-hybridized carbons (Fsp3) is 0.429. The minimum atomic E-state index is 0.238. The quantitative estimate of drug-likeness (QED) is 0.769. The van der Waals surface area contributed by atoms with Crippen LogP contribution in [0.25, 0.3) is 0 Å². The molecule has 0 amide bonds. The fourth-order valence-electron chi connectivity index (χ4n) is 2.08. The second kappa shape index (κ2) is 5.17. The van der Waals surface area contributed by atoms with E-state index in [2.05, 4.69) is 24.8 Å². The van der Waals surface area contributed by atoms with E-state index in [4.69, 9.17) is 10.5 Å². The second-order valence-electron chi connectivity index (χ2n) is 4.36. The van der Waals surface area contributed by atoms with Gasteiger partial charge in [0.2, 0.25) is 0 Å². The Morgan fingerprint density at radius 3 is 3.19 bits per heavy atom. The van der Waals surface area contributed by atoms with Gasteiger partial charge in [0.15, 0.2) is 0 Å². The Kier molecular flexibility index (Phi) is 3.62. The third-order valence-corrected chi connectivity index (χ3v) is 3.03. The molecular weight excluding hydrogens is 198 g/mol. The minimum Gasteiger partial charge on any atom is -0.493 e. The van der Waals surface area contributed by atoms with Gasteiger partial charge < -0.3 is 10.5 Å². The minimum absolute atomic E-state index is 0.238. The van der Waals surface area contributed by atoms with E-state index in [0.29, 0.717) is 0 Å². The molecular formula is C14H19NO. The van der Waals surface area contributed by atoms with Crippen molar-refractivity contribution in [2.45, 2.75) is 31.7 Å². The van der Waals surface area contributed by atoms with E-state index in [1.165, 1.54) is 11.1 Å². The van der Waals surface area contributed by atoms with Crippen LogP contribution in [0.5, 0.6) is 5.75 Å². The molecule has 0 aliphatic carbocycles. The summed E-state index contributed by atoms with van der Waals surface area (Å²) in [7, 11) is 0. The van der Waals surface area contributed by atoms with Crippen LogP contribution in [0.4, 0.5) is 0 Å². The van der Waals surface area contributed by atoms with Crippen molar-refractivity contribution < 1.29 is 4.74 Å². The highest BCUT2D eigenvalue weighted by Gasteiger charge is 2.12. The highest BCUT2D eigenvalue weighted by Crippen LogP contribution is 2.26. The molecule has 16 heavy (non-hydrogen) atoms. The van der Waals surface area contributed by atoms with Gasteiger partial charge in [-0.1, -0.05) is 18.2 Å². The molecule has 0 saturated carbocycles. The molecule has 2 nitrogen and oxygen atoms in total. The number of aryl methyl sites for hydroxylation is 1. The van der Waals surface area contributed by atoms with Crippen LogP contribution in [0.15, 0.2) is 30.9 Å². The molecule has 0 bridgehead atoms. The maximum Gasteiger partial charge on any atom is 0.122 e. The SMILES string of the molecule is C=CCC(N)CCc1ccc2c(c1)CCO2. The van der Waals surface area contributed by atoms with Gasteiger partial charge >= 0.3 is 0 Å². The molecule has 1 unspecified atom stereocenters. The lowest BCUT2D eigenvalue weighted by molar-refractivity contribution is 0.357. The summed E-state index contributed by atoms with van der Waals surface area (Å²) in [5.41, 5.74) is 8.66. The lowest BCUT2D eigenvalue weighted by Gasteiger charge is -2.09. The monoisotopic (exact) mass is 217 g/mol. The van der Waals surface area contributed by atoms with Gasteiger partial charge in [0.25, 0.3) is 0 Å². The lowest BCUT2D eigenvalue weighted by Crippen LogP contribution is -2.19. The number of ether oxygens (including phenoxy) is 1. The number of nitrogens with two attached hydrogens (primary N) is 1. The number of hydrogen-bond acceptors (Lipinski definition) is 2. The smallest absolute Gasteiger partial charge is 0.122 e. The summed E-state index contributed by atoms with van der Waals surface area (Å²) in [6, 6.07) is 6.71. The van der Waals surface area contributed by atoms with Gasteiger partial charge in [-0.15, -0.1) is 6.58 Å². The van der Waals surface area contributed by atoms with Crippen molar-refractivity contribution in [1.82, 2.24) is 0 Å². The zero-order chi connectivity index (χ0) is 11.4. The predicted molar refractivity (Wildman–Crippen MR) is 66.8 cm³/mol. The molecule has 1 aromatic carbocycles. The van der Waals surface area contributed by atoms with Crippen molar-refractivity contribution in [3.05, 3.63) is 42.0 Å². The van der Waals surface area contributed by atoms with Gasteiger partial charge in [-0.2, -0.15) is 0 Å². The van der Waals surface area contributed by atoms with Crippen LogP contribution in [0, 0.1) is 0 Å². The number of benzene rings is 1. The largest absolute Gasteiger partial charge is 0.493 e. The van der Waals surface area contributed by atoms with Gasteiger partial charge in [-0.05, 0) is 36.5 Å². The van der Waals surface area contributed by atoms with Gasteiger partial charge in [0.05, 0.1) is 6.61 Å². The van der Waals surface area contributed by atoms with Crippen LogP contribution in [0.3, 0.4) is 0 Å². The summed E-state index contributed by atoms with van der Waals surface area (Å²) < 4.78 is 5.48. The Hall–Kier alpha value is -1.28. The molecule has 1 heterocycles. The highest BCUT2D eigenvalue weighted by atomic mass is 16.5. The summed E-state index contributed by atoms with van der Waals surface area (Å²) in [6.07, 6.45) is 5.89. The maximum absolute atomic E-state index is 5.95. The first-order valence-electron chi connectivity index (χ1n) is 5.90. The van der Waals surface area contributed by atoms with Gasteiger partial charge in [-0.25, -0.2) is 0 Å². The van der Waals surface area contributed by atoms with Crippen LogP contribution in [-0.4, -0.2) is 12.6 Å². The Bertz CT molecular complexity index is 373. The average molecular weight is 217 g/mol. The molecule has 0 saturated heterocycles. The molecule has 1 aliphatic heterocycles. The van der Waals surface area contributed by atoms with Crippen molar-refractivity contribution in [2.24, 2.45) is 5.73 Å². The number of rotatable bonds is 5. The van der Waals surface area contributed by atoms with Gasteiger partial charge in [0, 0.05) is 12.5 Å². The van der Waals surface area contributed by atoms with E-state index in [0.717, 1.165) is 38.0 Å². The Labute approximate surface area is 97.1 Å². The molecule has 86 valence electrons. The van der Waals surface area contributed by atoms with Gasteiger partial charge in [0.1, 0.15) is 5.75 Å². The first-order valence-corrected chi connectivity index (χ1v) is 5.90. The summed E-state index contributed by atoms with van der Waals surface area (Å²) >= 11 is 0. The molecule has 0 aromatic heterocycles. The molecule has 0 spiro atoms. The highest BCUT2D eigenvalue weighted by molar-refractivity contribution is 5.39. The molecule has 1 aliphatic rings. The van der Waals surface area contributed by atoms with Crippen LogP contribution in [0.2, 0.25) is 0 Å². The van der Waals surface area contributed by atoms with Crippen LogP contribution < -0.4 is 10.5 Å². The lowest BCUT2D eigenvalue weighted by atomic mass is 10.0. The van der Waals surface area contributed by atoms with Crippen LogP contribution in [-0.2, 0) is 12.8 Å². The summed E-state index contributed by atoms with van der Waals surface area (Å²) in [6.45, 7) is 4.53. The Morgan fingerprint density at radius 1 is 1.50 bits per heavy atom. The predicted octanol–water partition coefficient (Wildman–Crippen LogP) is 2.46. The first kappa shape index (κ1) is 11.2. The van der Waals surface area contributed by atoms with Crippen molar-refractivity contribution in [3.8, 4) is 5.75 Å². The standard InChI is InChI=1S/C14H19NO/c1-2-3-13(15)6-4-11-5-7-14-12(10-11)8-9-16-14/h2,5,7,10,13H,1,3-4,6,8-9,15H2. The first-order chi connectivity index (χ1) is 7.79. The zero-order valence-electron chi connectivity index (χ0n) is 9.61. The Morgan fingerprint density at radius 2 is 2.38 bits per heavy atom. The van der Waals surface area contributed by atoms with Crippen molar-refractivity contribution >= 4 is 0 Å². The molecule has 0 radical (unpaired) electrons. The fourth-order valence-corrected chi connectivity index (χ4v) is 2.08. The molecule has 2 N–H and O–H groups in total. The maximum atomic E-state index is 5.95. The van der Waals surface area contributed by atoms with E-state index < -0.39 is 0 Å². The summed E-state index contributed by atoms with van der Waals surface area (Å²) in [5, 5.41) is 0. The number of fused-ring (bicyclic) bond motifs is 1. The molecule has 2 heteroatoms. The summed E-state index contributed by atoms with van der Waals surface area (Å²) in [5.74, 6) is 1.05. The van der Waals surface area contributed by atoms with E-state index in [-0.39, 0.29) is 6.04 Å². The summed E-state index contributed by atoms with van der Waals surface area (Å²) in [4.78, 5) is 0. The van der Waals surface area contributed by atoms with E-state index in [1.807, 2.05) is 6.08 Å². The van der Waals surface area contributed by atoms with Crippen molar-refractivity contribution in [1.29, 1.82) is 0 Å². The molecule has 2 rings (SSSR count). The van der Waals surface area contributed by atoms with Crippen LogP contribution in [0.1, 0.15) is 24.0 Å². The van der Waals surface area contributed by atoms with Crippen molar-refractivity contribution in [2.75, 3.05) is 6.61 Å². The van der Waals surface area contributed by atoms with Crippen molar-refractivity contribution in [3.63, 3.8) is 0 Å². The van der Waals surface area contributed by atoms with Crippen LogP contribution >= 0.6 is 0 Å². The molecule has 0 fully saturated rings. The third-order valence-electron chi connectivity index (χ3n) is 3.03. The Balaban J connectivity index is 1.92. The topological polar surface area (TPSA) is 35.2 Å². The molecule has 1 atom stereocenters. The number of hydrogen-bond donors (Lipinski definition) is 1. The average Bonchev–Trinajstić information content (AvgIpc) is 2.74. The van der Waals surface area contributed by atoms with E-state index in [1.54, 1.807) is 0 Å². The third kappa shape index (κ3) is 2.64. The zero-order valence-corrected chi connectivity index (χ0v) is 9.61. The second-order valence-corrected chi connectivity index (χ2v) is 4.36. The molecule has 1 aromatic rings. The normalized spacial score (nSPS) is 15.3. The van der Waals surface area contributed by atoms with E-state index >= 15 is 0 Å². The van der Waals surface area contributed by atoms with Gasteiger partial charge in [-0.3, -0.25) is 0 Å².